The summed E-state index contributed by atoms with van der Waals surface area (Å²) < 4.78 is 16.9. The highest BCUT2D eigenvalue weighted by Crippen LogP contribution is 2.19. The summed E-state index contributed by atoms with van der Waals surface area (Å²) in [6.07, 6.45) is 59.6. The molecule has 0 radical (unpaired) electrons. The summed E-state index contributed by atoms with van der Waals surface area (Å²) in [7, 11) is 0. The van der Waals surface area contributed by atoms with Gasteiger partial charge in [-0.1, -0.05) is 311 Å². The second kappa shape index (κ2) is 54.7. The first-order valence-corrected chi connectivity index (χ1v) is 30.7. The van der Waals surface area contributed by atoms with Crippen LogP contribution in [0.3, 0.4) is 0 Å². The van der Waals surface area contributed by atoms with Crippen molar-refractivity contribution in [3.8, 4) is 0 Å². The maximum atomic E-state index is 12.9. The zero-order valence-corrected chi connectivity index (χ0v) is 46.7. The minimum atomic E-state index is -0.763. The number of esters is 3. The molecule has 1 atom stereocenters. The van der Waals surface area contributed by atoms with Crippen LogP contribution >= 0.6 is 0 Å². The number of hydrogen-bond donors (Lipinski definition) is 0. The minimum Gasteiger partial charge on any atom is -0.462 e. The van der Waals surface area contributed by atoms with Crippen LogP contribution in [-0.2, 0) is 28.6 Å². The van der Waals surface area contributed by atoms with E-state index >= 15 is 0 Å². The lowest BCUT2D eigenvalue weighted by Gasteiger charge is -2.18. The van der Waals surface area contributed by atoms with Crippen molar-refractivity contribution in [3.63, 3.8) is 0 Å². The van der Waals surface area contributed by atoms with Crippen LogP contribution in [0.25, 0.3) is 0 Å². The molecule has 0 aliphatic heterocycles. The van der Waals surface area contributed by atoms with Crippen molar-refractivity contribution in [1.29, 1.82) is 0 Å². The molecule has 6 heteroatoms. The molecule has 0 amide bonds. The fourth-order valence-electron chi connectivity index (χ4n) is 9.58. The predicted molar refractivity (Wildman–Crippen MR) is 293 cm³/mol. The van der Waals surface area contributed by atoms with E-state index in [0.717, 1.165) is 69.6 Å². The van der Waals surface area contributed by atoms with Crippen LogP contribution in [0.4, 0.5) is 0 Å². The van der Waals surface area contributed by atoms with E-state index in [2.05, 4.69) is 34.6 Å². The van der Waals surface area contributed by atoms with Gasteiger partial charge in [0.1, 0.15) is 13.2 Å². The molecule has 0 spiro atoms. The fraction of sp³-hybridized carbons (Fsp3) is 0.952. The molecule has 0 saturated carbocycles. The molecule has 0 aliphatic carbocycles. The average Bonchev–Trinajstić information content (AvgIpc) is 3.31. The Morgan fingerprint density at radius 2 is 0.485 bits per heavy atom. The van der Waals surface area contributed by atoms with Gasteiger partial charge in [0, 0.05) is 19.3 Å². The summed E-state index contributed by atoms with van der Waals surface area (Å²) in [5.41, 5.74) is 0. The van der Waals surface area contributed by atoms with Crippen molar-refractivity contribution >= 4 is 17.9 Å². The Bertz CT molecular complexity index is 1040. The van der Waals surface area contributed by atoms with Gasteiger partial charge in [-0.15, -0.1) is 0 Å². The highest BCUT2D eigenvalue weighted by molar-refractivity contribution is 5.71. The van der Waals surface area contributed by atoms with Gasteiger partial charge in [-0.05, 0) is 31.1 Å². The van der Waals surface area contributed by atoms with Gasteiger partial charge in [0.15, 0.2) is 6.10 Å². The van der Waals surface area contributed by atoms with E-state index < -0.39 is 6.10 Å². The lowest BCUT2D eigenvalue weighted by molar-refractivity contribution is -0.167. The van der Waals surface area contributed by atoms with Crippen molar-refractivity contribution in [2.24, 2.45) is 11.8 Å². The van der Waals surface area contributed by atoms with Crippen LogP contribution in [0.1, 0.15) is 349 Å². The number of hydrogen-bond acceptors (Lipinski definition) is 6. The zero-order chi connectivity index (χ0) is 49.6. The molecule has 0 aromatic heterocycles. The van der Waals surface area contributed by atoms with Crippen LogP contribution in [0.15, 0.2) is 0 Å². The first-order valence-electron chi connectivity index (χ1n) is 30.7. The molecular weight excluding hydrogens is 841 g/mol. The molecule has 6 nitrogen and oxygen atoms in total. The molecule has 0 aromatic carbocycles. The smallest absolute Gasteiger partial charge is 0.306 e. The first kappa shape index (κ1) is 66.4. The average molecular weight is 962 g/mol. The number of carbonyl (C=O) groups excluding carboxylic acids is 3. The van der Waals surface area contributed by atoms with Crippen molar-refractivity contribution in [2.75, 3.05) is 13.2 Å². The minimum absolute atomic E-state index is 0.0621. The highest BCUT2D eigenvalue weighted by atomic mass is 16.6. The number of rotatable bonds is 56. The molecule has 0 saturated heterocycles. The molecule has 0 aromatic rings. The molecule has 0 rings (SSSR count). The van der Waals surface area contributed by atoms with Crippen LogP contribution in [-0.4, -0.2) is 37.2 Å². The number of unbranched alkanes of at least 4 members (excludes halogenated alkanes) is 41. The van der Waals surface area contributed by atoms with Crippen molar-refractivity contribution in [2.45, 2.75) is 355 Å². The second-order valence-electron chi connectivity index (χ2n) is 22.3. The predicted octanol–water partition coefficient (Wildman–Crippen LogP) is 20.4. The van der Waals surface area contributed by atoms with E-state index in [4.69, 9.17) is 14.2 Å². The van der Waals surface area contributed by atoms with E-state index in [9.17, 15) is 14.4 Å². The third-order valence-corrected chi connectivity index (χ3v) is 14.2. The van der Waals surface area contributed by atoms with Gasteiger partial charge < -0.3 is 14.2 Å². The van der Waals surface area contributed by atoms with Gasteiger partial charge in [-0.2, -0.15) is 0 Å². The Kier molecular flexibility index (Phi) is 53.5. The molecule has 0 bridgehead atoms. The van der Waals surface area contributed by atoms with Gasteiger partial charge in [-0.3, -0.25) is 14.4 Å². The Hall–Kier alpha value is -1.59. The van der Waals surface area contributed by atoms with Gasteiger partial charge in [0.2, 0.25) is 0 Å². The van der Waals surface area contributed by atoms with Crippen LogP contribution in [0.5, 0.6) is 0 Å². The van der Waals surface area contributed by atoms with E-state index in [1.807, 2.05) is 0 Å². The second-order valence-corrected chi connectivity index (χ2v) is 22.3. The maximum absolute atomic E-state index is 12.9. The quantitative estimate of drug-likeness (QED) is 0.0343. The third-order valence-electron chi connectivity index (χ3n) is 14.2. The lowest BCUT2D eigenvalue weighted by Crippen LogP contribution is -2.30. The number of carbonyl (C=O) groups is 3. The van der Waals surface area contributed by atoms with E-state index in [-0.39, 0.29) is 31.1 Å². The van der Waals surface area contributed by atoms with E-state index in [1.54, 1.807) is 0 Å². The largest absolute Gasteiger partial charge is 0.462 e. The van der Waals surface area contributed by atoms with Crippen LogP contribution in [0.2, 0.25) is 0 Å². The Balaban J connectivity index is 4.24. The maximum Gasteiger partial charge on any atom is 0.306 e. The van der Waals surface area contributed by atoms with Gasteiger partial charge in [0.25, 0.3) is 0 Å². The molecule has 0 fully saturated rings. The standard InChI is InChI=1S/C62H120O6/c1-6-7-8-9-10-11-12-27-32-37-42-47-52-60(63)66-55-59(68-62(65)54-49-44-39-34-29-24-20-19-22-26-31-36-41-46-51-58(4)5)56-67-61(64)53-48-43-38-33-28-23-18-16-14-13-15-17-21-25-30-35-40-45-50-57(2)3/h57-59H,6-56H2,1-5H3/t59-/m1/s1. The van der Waals surface area contributed by atoms with E-state index in [0.29, 0.717) is 19.3 Å². The molecule has 0 heterocycles. The van der Waals surface area contributed by atoms with Crippen molar-refractivity contribution < 1.29 is 28.6 Å². The van der Waals surface area contributed by atoms with E-state index in [1.165, 1.54) is 238 Å². The Morgan fingerprint density at radius 3 is 0.721 bits per heavy atom. The first-order chi connectivity index (χ1) is 33.2. The van der Waals surface area contributed by atoms with Crippen LogP contribution in [0, 0.1) is 11.8 Å². The van der Waals surface area contributed by atoms with Crippen molar-refractivity contribution in [3.05, 3.63) is 0 Å². The summed E-state index contributed by atoms with van der Waals surface area (Å²) in [6, 6.07) is 0. The molecule has 68 heavy (non-hydrogen) atoms. The van der Waals surface area contributed by atoms with Crippen molar-refractivity contribution in [1.82, 2.24) is 0 Å². The molecule has 0 N–H and O–H groups in total. The summed E-state index contributed by atoms with van der Waals surface area (Å²) in [5, 5.41) is 0. The van der Waals surface area contributed by atoms with Gasteiger partial charge in [0.05, 0.1) is 0 Å². The topological polar surface area (TPSA) is 78.9 Å². The fourth-order valence-corrected chi connectivity index (χ4v) is 9.58. The molecule has 0 unspecified atom stereocenters. The third kappa shape index (κ3) is 55.3. The normalized spacial score (nSPS) is 12.0. The Labute approximate surface area is 425 Å². The summed E-state index contributed by atoms with van der Waals surface area (Å²) >= 11 is 0. The summed E-state index contributed by atoms with van der Waals surface area (Å²) in [4.78, 5) is 38.2. The van der Waals surface area contributed by atoms with Gasteiger partial charge in [-0.25, -0.2) is 0 Å². The summed E-state index contributed by atoms with van der Waals surface area (Å²) in [5.74, 6) is 0.868. The van der Waals surface area contributed by atoms with Crippen LogP contribution < -0.4 is 0 Å². The van der Waals surface area contributed by atoms with Gasteiger partial charge >= 0.3 is 17.9 Å². The zero-order valence-electron chi connectivity index (χ0n) is 46.7. The SMILES string of the molecule is CCCCCCCCCCCCCCC(=O)OC[C@H](COC(=O)CCCCCCCCCCCCCCCCCCCCC(C)C)OC(=O)CCCCCCCCCCCCCCCCC(C)C. The molecule has 404 valence electrons. The highest BCUT2D eigenvalue weighted by Gasteiger charge is 2.19. The molecule has 0 aliphatic rings. The Morgan fingerprint density at radius 1 is 0.279 bits per heavy atom. The molecular formula is C62H120O6. The number of ether oxygens (including phenoxy) is 3. The summed E-state index contributed by atoms with van der Waals surface area (Å²) in [6.45, 7) is 11.4. The monoisotopic (exact) mass is 961 g/mol. The lowest BCUT2D eigenvalue weighted by atomic mass is 10.0.